The van der Waals surface area contributed by atoms with Crippen molar-refractivity contribution in [3.8, 4) is 0 Å². The predicted molar refractivity (Wildman–Crippen MR) is 164 cm³/mol. The molecule has 0 spiro atoms. The Balaban J connectivity index is 1.72. The summed E-state index contributed by atoms with van der Waals surface area (Å²) >= 11 is 0. The fourth-order valence-electron chi connectivity index (χ4n) is 5.14. The van der Waals surface area contributed by atoms with E-state index in [9.17, 15) is 14.4 Å². The number of nitrogens with one attached hydrogen (secondary N) is 2. The molecule has 3 aromatic carbocycles. The first-order valence-electron chi connectivity index (χ1n) is 14.5. The maximum Gasteiger partial charge on any atom is 0.408 e. The lowest BCUT2D eigenvalue weighted by molar-refractivity contribution is -0.141. The molecule has 218 valence electrons. The van der Waals surface area contributed by atoms with Gasteiger partial charge in [-0.15, -0.1) is 0 Å². The van der Waals surface area contributed by atoms with E-state index in [-0.39, 0.29) is 23.8 Å². The second kappa shape index (κ2) is 12.3. The third kappa shape index (κ3) is 7.87. The number of benzene rings is 3. The summed E-state index contributed by atoms with van der Waals surface area (Å²) in [5.74, 6) is -0.424. The summed E-state index contributed by atoms with van der Waals surface area (Å²) in [6, 6.07) is 18.0. The fourth-order valence-corrected chi connectivity index (χ4v) is 5.14. The minimum absolute atomic E-state index is 0.0927. The lowest BCUT2D eigenvalue weighted by Crippen LogP contribution is -2.53. The van der Waals surface area contributed by atoms with Crippen LogP contribution in [-0.4, -0.2) is 40.5 Å². The number of carbonyl (C=O) groups is 3. The normalized spacial score (nSPS) is 14.8. The molecular weight excluding hydrogens is 514 g/mol. The molecule has 0 saturated heterocycles. The molecule has 3 aromatic rings. The summed E-state index contributed by atoms with van der Waals surface area (Å²) in [4.78, 5) is 43.1. The molecule has 1 aliphatic rings. The van der Waals surface area contributed by atoms with Crippen molar-refractivity contribution >= 4 is 34.4 Å². The standard InChI is InChI=1S/C34H43N3O4/c1-21(2)18-29(36-33(40)41-34(5,6)7)32(39)37(27-16-17-27)30(28-19-22(3)12-13-23(28)4)31(38)35-26-15-14-24-10-8-9-11-25(24)20-26/h8-15,19-21,27,29-30H,16-18H2,1-7H3,(H,35,38)(H,36,40). The highest BCUT2D eigenvalue weighted by molar-refractivity contribution is 6.00. The second-order valence-electron chi connectivity index (χ2n) is 12.6. The van der Waals surface area contributed by atoms with Gasteiger partial charge in [-0.3, -0.25) is 9.59 Å². The molecule has 41 heavy (non-hydrogen) atoms. The Bertz CT molecular complexity index is 1420. The maximum absolute atomic E-state index is 14.4. The van der Waals surface area contributed by atoms with E-state index in [1.165, 1.54) is 0 Å². The molecule has 7 heteroatoms. The molecule has 2 unspecified atom stereocenters. The monoisotopic (exact) mass is 557 g/mol. The van der Waals surface area contributed by atoms with E-state index in [0.717, 1.165) is 40.3 Å². The number of rotatable bonds is 9. The number of amides is 3. The number of fused-ring (bicyclic) bond motifs is 1. The molecule has 1 aliphatic carbocycles. The number of carbonyl (C=O) groups excluding carboxylic acids is 3. The number of hydrogen-bond acceptors (Lipinski definition) is 4. The second-order valence-corrected chi connectivity index (χ2v) is 12.6. The average molecular weight is 558 g/mol. The van der Waals surface area contributed by atoms with Crippen molar-refractivity contribution in [2.24, 2.45) is 5.92 Å². The zero-order valence-corrected chi connectivity index (χ0v) is 25.3. The zero-order valence-electron chi connectivity index (χ0n) is 25.3. The van der Waals surface area contributed by atoms with Gasteiger partial charge in [0.15, 0.2) is 0 Å². The van der Waals surface area contributed by atoms with Gasteiger partial charge in [0, 0.05) is 11.7 Å². The topological polar surface area (TPSA) is 87.7 Å². The van der Waals surface area contributed by atoms with Crippen LogP contribution >= 0.6 is 0 Å². The number of alkyl carbamates (subject to hydrolysis) is 1. The van der Waals surface area contributed by atoms with Crippen LogP contribution in [0.4, 0.5) is 10.5 Å². The van der Waals surface area contributed by atoms with Crippen LogP contribution in [0.15, 0.2) is 60.7 Å². The van der Waals surface area contributed by atoms with E-state index in [2.05, 4.69) is 10.6 Å². The van der Waals surface area contributed by atoms with Crippen molar-refractivity contribution in [3.05, 3.63) is 77.4 Å². The number of hydrogen-bond donors (Lipinski definition) is 2. The Kier molecular flexibility index (Phi) is 9.05. The van der Waals surface area contributed by atoms with E-state index in [1.54, 1.807) is 25.7 Å². The van der Waals surface area contributed by atoms with Gasteiger partial charge in [0.1, 0.15) is 17.7 Å². The Labute approximate surface area is 243 Å². The third-order valence-electron chi connectivity index (χ3n) is 7.16. The van der Waals surface area contributed by atoms with Gasteiger partial charge >= 0.3 is 6.09 Å². The van der Waals surface area contributed by atoms with Crippen LogP contribution in [0, 0.1) is 19.8 Å². The third-order valence-corrected chi connectivity index (χ3v) is 7.16. The highest BCUT2D eigenvalue weighted by Gasteiger charge is 2.44. The van der Waals surface area contributed by atoms with Crippen molar-refractivity contribution in [2.75, 3.05) is 5.32 Å². The largest absolute Gasteiger partial charge is 0.444 e. The molecule has 7 nitrogen and oxygen atoms in total. The molecule has 2 atom stereocenters. The predicted octanol–water partition coefficient (Wildman–Crippen LogP) is 7.07. The number of anilines is 1. The molecule has 1 saturated carbocycles. The van der Waals surface area contributed by atoms with Crippen LogP contribution in [-0.2, 0) is 14.3 Å². The van der Waals surface area contributed by atoms with Crippen LogP contribution < -0.4 is 10.6 Å². The van der Waals surface area contributed by atoms with Crippen molar-refractivity contribution in [3.63, 3.8) is 0 Å². The summed E-state index contributed by atoms with van der Waals surface area (Å²) in [6.45, 7) is 13.3. The van der Waals surface area contributed by atoms with Gasteiger partial charge in [-0.25, -0.2) is 4.79 Å². The minimum Gasteiger partial charge on any atom is -0.444 e. The lowest BCUT2D eigenvalue weighted by Gasteiger charge is -2.36. The summed E-state index contributed by atoms with van der Waals surface area (Å²) in [7, 11) is 0. The quantitative estimate of drug-likeness (QED) is 0.295. The summed E-state index contributed by atoms with van der Waals surface area (Å²) in [5, 5.41) is 8.02. The highest BCUT2D eigenvalue weighted by Crippen LogP contribution is 2.38. The number of nitrogens with zero attached hydrogens (tertiary/aromatic N) is 1. The lowest BCUT2D eigenvalue weighted by atomic mass is 9.95. The zero-order chi connectivity index (χ0) is 29.9. The Morgan fingerprint density at radius 3 is 2.27 bits per heavy atom. The number of ether oxygens (including phenoxy) is 1. The van der Waals surface area contributed by atoms with Crippen molar-refractivity contribution in [1.29, 1.82) is 0 Å². The van der Waals surface area contributed by atoms with Crippen LogP contribution in [0.5, 0.6) is 0 Å². The first kappa shape index (κ1) is 30.1. The van der Waals surface area contributed by atoms with Gasteiger partial charge in [0.05, 0.1) is 0 Å². The van der Waals surface area contributed by atoms with Crippen LogP contribution in [0.25, 0.3) is 10.8 Å². The molecular formula is C34H43N3O4. The first-order chi connectivity index (χ1) is 19.3. The molecule has 1 fully saturated rings. The molecule has 3 amide bonds. The molecule has 0 heterocycles. The van der Waals surface area contributed by atoms with Crippen LogP contribution in [0.2, 0.25) is 0 Å². The van der Waals surface area contributed by atoms with Gasteiger partial charge in [0.2, 0.25) is 5.91 Å². The molecule has 0 radical (unpaired) electrons. The summed E-state index contributed by atoms with van der Waals surface area (Å²) < 4.78 is 5.50. The molecule has 4 rings (SSSR count). The Morgan fingerprint density at radius 2 is 1.63 bits per heavy atom. The van der Waals surface area contributed by atoms with E-state index >= 15 is 0 Å². The van der Waals surface area contributed by atoms with Crippen molar-refractivity contribution in [2.45, 2.75) is 91.5 Å². The summed E-state index contributed by atoms with van der Waals surface area (Å²) in [5.41, 5.74) is 2.67. The SMILES string of the molecule is Cc1ccc(C)c(C(C(=O)Nc2ccc3ccccc3c2)N(C(=O)C(CC(C)C)NC(=O)OC(C)(C)C)C2CC2)c1. The van der Waals surface area contributed by atoms with E-state index in [4.69, 9.17) is 4.74 Å². The van der Waals surface area contributed by atoms with Gasteiger partial charge in [0.25, 0.3) is 5.91 Å². The molecule has 2 N–H and O–H groups in total. The van der Waals surface area contributed by atoms with Gasteiger partial charge in [-0.05, 0) is 93.8 Å². The molecule has 0 bridgehead atoms. The highest BCUT2D eigenvalue weighted by atomic mass is 16.6. The Hall–Kier alpha value is -3.87. The minimum atomic E-state index is -0.864. The molecule has 0 aliphatic heterocycles. The average Bonchev–Trinajstić information content (AvgIpc) is 3.72. The van der Waals surface area contributed by atoms with E-state index in [0.29, 0.717) is 12.1 Å². The first-order valence-corrected chi connectivity index (χ1v) is 14.5. The van der Waals surface area contributed by atoms with E-state index < -0.39 is 23.8 Å². The van der Waals surface area contributed by atoms with Gasteiger partial charge in [-0.2, -0.15) is 0 Å². The van der Waals surface area contributed by atoms with Gasteiger partial charge < -0.3 is 20.3 Å². The Morgan fingerprint density at radius 1 is 0.951 bits per heavy atom. The van der Waals surface area contributed by atoms with Crippen molar-refractivity contribution in [1.82, 2.24) is 10.2 Å². The molecule has 0 aromatic heterocycles. The van der Waals surface area contributed by atoms with Crippen molar-refractivity contribution < 1.29 is 19.1 Å². The van der Waals surface area contributed by atoms with Gasteiger partial charge in [-0.1, -0.05) is 67.9 Å². The number of aryl methyl sites for hydroxylation is 2. The summed E-state index contributed by atoms with van der Waals surface area (Å²) in [6.07, 6.45) is 1.39. The smallest absolute Gasteiger partial charge is 0.408 e. The maximum atomic E-state index is 14.4. The van der Waals surface area contributed by atoms with Crippen LogP contribution in [0.3, 0.4) is 0 Å². The van der Waals surface area contributed by atoms with Crippen LogP contribution in [0.1, 0.15) is 76.6 Å². The fraction of sp³-hybridized carbons (Fsp3) is 0.441. The van der Waals surface area contributed by atoms with E-state index in [1.807, 2.05) is 88.4 Å².